The molecule has 0 aliphatic carbocycles. The number of sulfone groups is 1. The fourth-order valence-electron chi connectivity index (χ4n) is 3.05. The minimum absolute atomic E-state index is 0.0677. The molecule has 3 aromatic rings. The van der Waals surface area contributed by atoms with Gasteiger partial charge in [0.2, 0.25) is 0 Å². The van der Waals surface area contributed by atoms with Gasteiger partial charge in [-0.15, -0.1) is 0 Å². The summed E-state index contributed by atoms with van der Waals surface area (Å²) in [6.07, 6.45) is 0. The lowest BCUT2D eigenvalue weighted by atomic mass is 10.1. The maximum absolute atomic E-state index is 12.6. The highest BCUT2D eigenvalue weighted by atomic mass is 32.2. The van der Waals surface area contributed by atoms with E-state index >= 15 is 0 Å². The van der Waals surface area contributed by atoms with Gasteiger partial charge in [0.1, 0.15) is 0 Å². The summed E-state index contributed by atoms with van der Waals surface area (Å²) in [7, 11) is -3.22. The van der Waals surface area contributed by atoms with Crippen molar-refractivity contribution in [2.45, 2.75) is 28.2 Å². The van der Waals surface area contributed by atoms with Crippen LogP contribution in [0.25, 0.3) is 0 Å². The van der Waals surface area contributed by atoms with Crippen molar-refractivity contribution in [1.29, 1.82) is 0 Å². The average molecular weight is 425 g/mol. The first-order chi connectivity index (χ1) is 14.0. The highest BCUT2D eigenvalue weighted by molar-refractivity contribution is 7.99. The number of nitrogens with one attached hydrogen (secondary N) is 2. The van der Waals surface area contributed by atoms with E-state index in [9.17, 15) is 13.2 Å². The zero-order chi connectivity index (χ0) is 20.4. The summed E-state index contributed by atoms with van der Waals surface area (Å²) in [5, 5.41) is 6.27. The number of anilines is 2. The Morgan fingerprint density at radius 3 is 2.45 bits per heavy atom. The lowest BCUT2D eigenvalue weighted by molar-refractivity contribution is 0.0951. The number of benzene rings is 3. The third-order valence-corrected chi connectivity index (χ3v) is 7.64. The zero-order valence-corrected chi connectivity index (χ0v) is 17.4. The molecule has 4 rings (SSSR count). The summed E-state index contributed by atoms with van der Waals surface area (Å²) in [6.45, 7) is 1.95. The Morgan fingerprint density at radius 2 is 1.69 bits per heavy atom. The molecule has 1 heterocycles. The normalized spacial score (nSPS) is 12.4. The molecular formula is C22H20N2O3S2. The lowest BCUT2D eigenvalue weighted by Gasteiger charge is -2.21. The molecule has 1 aliphatic rings. The van der Waals surface area contributed by atoms with Crippen LogP contribution in [0.4, 0.5) is 11.4 Å². The van der Waals surface area contributed by atoms with Crippen molar-refractivity contribution in [3.05, 3.63) is 77.9 Å². The molecule has 3 aromatic carbocycles. The predicted octanol–water partition coefficient (Wildman–Crippen LogP) is 4.62. The van der Waals surface area contributed by atoms with Gasteiger partial charge in [0, 0.05) is 21.9 Å². The Labute approximate surface area is 174 Å². The van der Waals surface area contributed by atoms with Gasteiger partial charge in [-0.3, -0.25) is 4.79 Å². The van der Waals surface area contributed by atoms with Gasteiger partial charge in [-0.25, -0.2) is 8.42 Å². The van der Waals surface area contributed by atoms with Gasteiger partial charge < -0.3 is 10.6 Å². The van der Waals surface area contributed by atoms with E-state index in [4.69, 9.17) is 0 Å². The minimum Gasteiger partial charge on any atom is -0.354 e. The standard InChI is InChI=1S/C22H20N2O3S2/c1-2-29(26,27)17-10-7-15(8-11-17)14-23-22(25)16-9-12-21-19(13-16)24-18-5-3-4-6-20(18)28-21/h3-13,24H,2,14H2,1H3,(H,23,25). The van der Waals surface area contributed by atoms with Crippen LogP contribution >= 0.6 is 11.8 Å². The molecule has 0 saturated heterocycles. The van der Waals surface area contributed by atoms with Gasteiger partial charge in [-0.1, -0.05) is 43.0 Å². The van der Waals surface area contributed by atoms with E-state index in [1.165, 1.54) is 0 Å². The molecule has 29 heavy (non-hydrogen) atoms. The molecule has 148 valence electrons. The van der Waals surface area contributed by atoms with Gasteiger partial charge in [0.05, 0.1) is 22.0 Å². The fourth-order valence-corrected chi connectivity index (χ4v) is 4.90. The molecule has 2 N–H and O–H groups in total. The number of fused-ring (bicyclic) bond motifs is 2. The third kappa shape index (κ3) is 4.16. The molecule has 5 nitrogen and oxygen atoms in total. The molecular weight excluding hydrogens is 404 g/mol. The number of amides is 1. The van der Waals surface area contributed by atoms with Crippen LogP contribution in [0.5, 0.6) is 0 Å². The highest BCUT2D eigenvalue weighted by Crippen LogP contribution is 2.44. The Bertz CT molecular complexity index is 1170. The van der Waals surface area contributed by atoms with Crippen molar-refractivity contribution in [3.63, 3.8) is 0 Å². The molecule has 0 saturated carbocycles. The molecule has 0 bridgehead atoms. The second-order valence-corrected chi connectivity index (χ2v) is 10.0. The van der Waals surface area contributed by atoms with Crippen LogP contribution in [-0.4, -0.2) is 20.1 Å². The van der Waals surface area contributed by atoms with Crippen molar-refractivity contribution in [1.82, 2.24) is 5.32 Å². The first kappa shape index (κ1) is 19.5. The summed E-state index contributed by atoms with van der Waals surface area (Å²) in [5.74, 6) is -0.109. The number of hydrogen-bond acceptors (Lipinski definition) is 5. The second-order valence-electron chi connectivity index (χ2n) is 6.66. The summed E-state index contributed by atoms with van der Waals surface area (Å²) < 4.78 is 23.8. The summed E-state index contributed by atoms with van der Waals surface area (Å²) in [4.78, 5) is 15.1. The number of carbonyl (C=O) groups excluding carboxylic acids is 1. The largest absolute Gasteiger partial charge is 0.354 e. The molecule has 7 heteroatoms. The van der Waals surface area contributed by atoms with Crippen LogP contribution in [0.3, 0.4) is 0 Å². The summed E-state index contributed by atoms with van der Waals surface area (Å²) in [6, 6.07) is 20.3. The molecule has 0 atom stereocenters. The minimum atomic E-state index is -3.22. The smallest absolute Gasteiger partial charge is 0.251 e. The number of hydrogen-bond donors (Lipinski definition) is 2. The maximum Gasteiger partial charge on any atom is 0.251 e. The molecule has 0 aromatic heterocycles. The Balaban J connectivity index is 1.43. The van der Waals surface area contributed by atoms with Crippen molar-refractivity contribution >= 4 is 38.9 Å². The van der Waals surface area contributed by atoms with Crippen molar-refractivity contribution in [3.8, 4) is 0 Å². The molecule has 0 fully saturated rings. The van der Waals surface area contributed by atoms with Gasteiger partial charge >= 0.3 is 0 Å². The quantitative estimate of drug-likeness (QED) is 0.489. The molecule has 0 spiro atoms. The van der Waals surface area contributed by atoms with Crippen LogP contribution < -0.4 is 10.6 Å². The van der Waals surface area contributed by atoms with Crippen molar-refractivity contribution in [2.24, 2.45) is 0 Å². The van der Waals surface area contributed by atoms with Crippen LogP contribution in [0.15, 0.2) is 81.4 Å². The van der Waals surface area contributed by atoms with Gasteiger partial charge in [0.25, 0.3) is 5.91 Å². The Hall–Kier alpha value is -2.77. The highest BCUT2D eigenvalue weighted by Gasteiger charge is 2.17. The monoisotopic (exact) mass is 424 g/mol. The van der Waals surface area contributed by atoms with E-state index in [-0.39, 0.29) is 11.7 Å². The number of rotatable bonds is 5. The van der Waals surface area contributed by atoms with E-state index in [1.807, 2.05) is 36.4 Å². The molecule has 0 unspecified atom stereocenters. The van der Waals surface area contributed by atoms with Crippen LogP contribution in [0, 0.1) is 0 Å². The Kier molecular flexibility index (Phi) is 5.34. The lowest BCUT2D eigenvalue weighted by Crippen LogP contribution is -2.23. The van der Waals surface area contributed by atoms with Gasteiger partial charge in [0.15, 0.2) is 9.84 Å². The van der Waals surface area contributed by atoms with Gasteiger partial charge in [-0.05, 0) is 48.0 Å². The van der Waals surface area contributed by atoms with E-state index in [0.717, 1.165) is 26.7 Å². The van der Waals surface area contributed by atoms with Crippen molar-refractivity contribution in [2.75, 3.05) is 11.1 Å². The Morgan fingerprint density at radius 1 is 0.966 bits per heavy atom. The van der Waals surface area contributed by atoms with Crippen LogP contribution in [-0.2, 0) is 16.4 Å². The number of para-hydroxylation sites is 1. The van der Waals surface area contributed by atoms with E-state index in [1.54, 1.807) is 43.0 Å². The van der Waals surface area contributed by atoms with Crippen LogP contribution in [0.1, 0.15) is 22.8 Å². The molecule has 1 amide bonds. The average Bonchev–Trinajstić information content (AvgIpc) is 2.76. The molecule has 0 radical (unpaired) electrons. The summed E-state index contributed by atoms with van der Waals surface area (Å²) >= 11 is 1.67. The predicted molar refractivity (Wildman–Crippen MR) is 116 cm³/mol. The first-order valence-corrected chi connectivity index (χ1v) is 11.7. The topological polar surface area (TPSA) is 75.3 Å². The fraction of sp³-hybridized carbons (Fsp3) is 0.136. The second kappa shape index (κ2) is 7.93. The maximum atomic E-state index is 12.6. The van der Waals surface area contributed by atoms with E-state index in [2.05, 4.69) is 16.7 Å². The molecule has 1 aliphatic heterocycles. The SMILES string of the molecule is CCS(=O)(=O)c1ccc(CNC(=O)c2ccc3c(c2)Nc2ccccc2S3)cc1. The van der Waals surface area contributed by atoms with Gasteiger partial charge in [-0.2, -0.15) is 0 Å². The summed E-state index contributed by atoms with van der Waals surface area (Å²) in [5.41, 5.74) is 3.36. The van der Waals surface area contributed by atoms with E-state index in [0.29, 0.717) is 17.0 Å². The zero-order valence-electron chi connectivity index (χ0n) is 15.8. The number of carbonyl (C=O) groups is 1. The first-order valence-electron chi connectivity index (χ1n) is 9.24. The third-order valence-electron chi connectivity index (χ3n) is 4.73. The van der Waals surface area contributed by atoms with E-state index < -0.39 is 9.84 Å². The van der Waals surface area contributed by atoms with Crippen LogP contribution in [0.2, 0.25) is 0 Å². The van der Waals surface area contributed by atoms with Crippen molar-refractivity contribution < 1.29 is 13.2 Å².